The van der Waals surface area contributed by atoms with E-state index in [0.29, 0.717) is 6.67 Å². The summed E-state index contributed by atoms with van der Waals surface area (Å²) in [7, 11) is 0. The van der Waals surface area contributed by atoms with Gasteiger partial charge in [-0.1, -0.05) is 6.08 Å². The molecule has 2 fully saturated rings. The molecule has 3 N–H and O–H groups in total. The van der Waals surface area contributed by atoms with Crippen LogP contribution in [0.25, 0.3) is 0 Å². The molecule has 6 nitrogen and oxygen atoms in total. The number of carbonyl (C=O) groups is 1. The SMILES string of the molecule is O=C1CC(O)C(C2=CC=C(N3CCSCC3)CC2)N1c1ccc2c(c1)NCN2. The van der Waals surface area contributed by atoms with E-state index in [1.165, 1.54) is 17.2 Å². The van der Waals surface area contributed by atoms with E-state index in [1.807, 2.05) is 30.0 Å². The minimum Gasteiger partial charge on any atom is -0.390 e. The summed E-state index contributed by atoms with van der Waals surface area (Å²) in [6, 6.07) is 5.71. The molecule has 2 unspecified atom stereocenters. The van der Waals surface area contributed by atoms with Crippen molar-refractivity contribution in [2.75, 3.05) is 46.8 Å². The Labute approximate surface area is 169 Å². The molecule has 0 spiro atoms. The largest absolute Gasteiger partial charge is 0.390 e. The van der Waals surface area contributed by atoms with Crippen molar-refractivity contribution in [1.82, 2.24) is 4.90 Å². The maximum absolute atomic E-state index is 12.7. The highest BCUT2D eigenvalue weighted by Gasteiger charge is 2.42. The summed E-state index contributed by atoms with van der Waals surface area (Å²) < 4.78 is 0. The van der Waals surface area contributed by atoms with Crippen molar-refractivity contribution >= 4 is 34.7 Å². The van der Waals surface area contributed by atoms with Gasteiger partial charge in [-0.05, 0) is 42.7 Å². The lowest BCUT2D eigenvalue weighted by Crippen LogP contribution is -2.39. The Balaban J connectivity index is 1.42. The van der Waals surface area contributed by atoms with E-state index in [2.05, 4.69) is 27.7 Å². The molecule has 3 heterocycles. The van der Waals surface area contributed by atoms with E-state index in [0.717, 1.165) is 48.6 Å². The van der Waals surface area contributed by atoms with Gasteiger partial charge >= 0.3 is 0 Å². The number of nitrogens with zero attached hydrogens (tertiary/aromatic N) is 2. The second-order valence-corrected chi connectivity index (χ2v) is 8.96. The average molecular weight is 399 g/mol. The predicted octanol–water partition coefficient (Wildman–Crippen LogP) is 2.60. The van der Waals surface area contributed by atoms with E-state index in [9.17, 15) is 9.90 Å². The number of aliphatic hydroxyl groups is 1. The Morgan fingerprint density at radius 3 is 2.68 bits per heavy atom. The first-order valence-corrected chi connectivity index (χ1v) is 11.2. The third-order valence-corrected chi connectivity index (χ3v) is 7.03. The van der Waals surface area contributed by atoms with Crippen LogP contribution in [0.5, 0.6) is 0 Å². The van der Waals surface area contributed by atoms with Crippen LogP contribution in [0.3, 0.4) is 0 Å². The molecule has 3 aliphatic heterocycles. The summed E-state index contributed by atoms with van der Waals surface area (Å²) in [6.45, 7) is 2.94. The number of hydrogen-bond acceptors (Lipinski definition) is 6. The highest BCUT2D eigenvalue weighted by Crippen LogP contribution is 2.38. The number of allylic oxidation sites excluding steroid dienone is 3. The minimum absolute atomic E-state index is 0.00728. The van der Waals surface area contributed by atoms with Crippen molar-refractivity contribution < 1.29 is 9.90 Å². The molecule has 0 saturated carbocycles. The number of benzene rings is 1. The zero-order valence-corrected chi connectivity index (χ0v) is 16.7. The van der Waals surface area contributed by atoms with Gasteiger partial charge in [0.25, 0.3) is 0 Å². The number of hydrogen-bond donors (Lipinski definition) is 3. The fourth-order valence-electron chi connectivity index (χ4n) is 4.65. The van der Waals surface area contributed by atoms with Crippen molar-refractivity contribution in [2.24, 2.45) is 0 Å². The number of nitrogens with one attached hydrogen (secondary N) is 2. The number of thioether (sulfide) groups is 1. The van der Waals surface area contributed by atoms with Gasteiger partial charge in [-0.25, -0.2) is 0 Å². The third-order valence-electron chi connectivity index (χ3n) is 6.09. The molecule has 1 aliphatic carbocycles. The van der Waals surface area contributed by atoms with Gasteiger partial charge < -0.3 is 25.5 Å². The van der Waals surface area contributed by atoms with Crippen molar-refractivity contribution in [3.05, 3.63) is 41.6 Å². The molecule has 0 radical (unpaired) electrons. The number of carbonyl (C=O) groups excluding carboxylic acids is 1. The van der Waals surface area contributed by atoms with Crippen LogP contribution in [0, 0.1) is 0 Å². The van der Waals surface area contributed by atoms with Crippen LogP contribution in [0.1, 0.15) is 19.3 Å². The van der Waals surface area contributed by atoms with Crippen LogP contribution >= 0.6 is 11.8 Å². The van der Waals surface area contributed by atoms with E-state index < -0.39 is 6.10 Å². The Bertz CT molecular complexity index is 847. The number of rotatable bonds is 3. The van der Waals surface area contributed by atoms with Gasteiger partial charge in [0.05, 0.1) is 36.6 Å². The molecule has 2 saturated heterocycles. The lowest BCUT2D eigenvalue weighted by Gasteiger charge is -2.34. The lowest BCUT2D eigenvalue weighted by atomic mass is 9.92. The van der Waals surface area contributed by atoms with E-state index in [4.69, 9.17) is 0 Å². The van der Waals surface area contributed by atoms with Crippen LogP contribution < -0.4 is 15.5 Å². The second kappa shape index (κ2) is 7.37. The number of anilines is 3. The minimum atomic E-state index is -0.653. The molecule has 1 aromatic carbocycles. The van der Waals surface area contributed by atoms with Crippen LogP contribution in [-0.4, -0.2) is 59.3 Å². The molecular weight excluding hydrogens is 372 g/mol. The molecule has 4 aliphatic rings. The topological polar surface area (TPSA) is 67.8 Å². The highest BCUT2D eigenvalue weighted by molar-refractivity contribution is 7.99. The zero-order valence-electron chi connectivity index (χ0n) is 15.9. The Kier molecular flexibility index (Phi) is 4.72. The lowest BCUT2D eigenvalue weighted by molar-refractivity contribution is -0.117. The fraction of sp³-hybridized carbons (Fsp3) is 0.476. The monoisotopic (exact) mass is 398 g/mol. The molecule has 0 aromatic heterocycles. The van der Waals surface area contributed by atoms with Gasteiger partial charge in [0.15, 0.2) is 0 Å². The Hall–Kier alpha value is -2.12. The first-order valence-electron chi connectivity index (χ1n) is 10.0. The number of fused-ring (bicyclic) bond motifs is 1. The zero-order chi connectivity index (χ0) is 19.1. The molecule has 148 valence electrons. The molecule has 0 bridgehead atoms. The van der Waals surface area contributed by atoms with Gasteiger partial charge in [-0.15, -0.1) is 0 Å². The Morgan fingerprint density at radius 1 is 1.07 bits per heavy atom. The van der Waals surface area contributed by atoms with Crippen molar-refractivity contribution in [3.63, 3.8) is 0 Å². The number of aliphatic hydroxyl groups excluding tert-OH is 1. The smallest absolute Gasteiger partial charge is 0.230 e. The standard InChI is InChI=1S/C21H26N4O2S/c26-19-12-20(27)25(16-5-6-17-18(11-16)23-13-22-17)21(19)14-1-3-15(4-2-14)24-7-9-28-10-8-24/h1,3,5-6,11,19,21-23,26H,2,4,7-10,12-13H2. The maximum Gasteiger partial charge on any atom is 0.230 e. The molecular formula is C21H26N4O2S. The van der Waals surface area contributed by atoms with Crippen molar-refractivity contribution in [2.45, 2.75) is 31.4 Å². The van der Waals surface area contributed by atoms with Gasteiger partial charge in [0, 0.05) is 36.0 Å². The second-order valence-electron chi connectivity index (χ2n) is 7.74. The molecule has 7 heteroatoms. The van der Waals surface area contributed by atoms with Crippen LogP contribution in [0.2, 0.25) is 0 Å². The van der Waals surface area contributed by atoms with Crippen LogP contribution in [0.4, 0.5) is 17.1 Å². The third kappa shape index (κ3) is 3.16. The molecule has 5 rings (SSSR count). The average Bonchev–Trinajstić information content (AvgIpc) is 3.31. The van der Waals surface area contributed by atoms with Crippen molar-refractivity contribution in [1.29, 1.82) is 0 Å². The quantitative estimate of drug-likeness (QED) is 0.727. The predicted molar refractivity (Wildman–Crippen MR) is 115 cm³/mol. The summed E-state index contributed by atoms with van der Waals surface area (Å²) in [6.07, 6.45) is 5.76. The van der Waals surface area contributed by atoms with Crippen LogP contribution in [-0.2, 0) is 4.79 Å². The van der Waals surface area contributed by atoms with Crippen molar-refractivity contribution in [3.8, 4) is 0 Å². The summed E-state index contributed by atoms with van der Waals surface area (Å²) in [5, 5.41) is 17.2. The van der Waals surface area contributed by atoms with Gasteiger partial charge in [0.1, 0.15) is 0 Å². The fourth-order valence-corrected chi connectivity index (χ4v) is 5.56. The van der Waals surface area contributed by atoms with Gasteiger partial charge in [0.2, 0.25) is 5.91 Å². The van der Waals surface area contributed by atoms with Gasteiger partial charge in [-0.3, -0.25) is 4.79 Å². The van der Waals surface area contributed by atoms with E-state index in [1.54, 1.807) is 4.90 Å². The Morgan fingerprint density at radius 2 is 1.89 bits per heavy atom. The first-order chi connectivity index (χ1) is 13.7. The highest BCUT2D eigenvalue weighted by atomic mass is 32.2. The van der Waals surface area contributed by atoms with Gasteiger partial charge in [-0.2, -0.15) is 11.8 Å². The number of amides is 1. The maximum atomic E-state index is 12.7. The first kappa shape index (κ1) is 17.9. The van der Waals surface area contributed by atoms with E-state index >= 15 is 0 Å². The normalized spacial score (nSPS) is 27.1. The molecule has 1 amide bonds. The van der Waals surface area contributed by atoms with Crippen LogP contribution in [0.15, 0.2) is 41.6 Å². The molecule has 2 atom stereocenters. The summed E-state index contributed by atoms with van der Waals surface area (Å²) >= 11 is 2.02. The summed E-state index contributed by atoms with van der Waals surface area (Å²) in [5.41, 5.74) is 5.46. The summed E-state index contributed by atoms with van der Waals surface area (Å²) in [4.78, 5) is 17.0. The summed E-state index contributed by atoms with van der Waals surface area (Å²) in [5.74, 6) is 2.38. The van der Waals surface area contributed by atoms with E-state index in [-0.39, 0.29) is 18.4 Å². The molecule has 1 aromatic rings. The molecule has 28 heavy (non-hydrogen) atoms.